The lowest BCUT2D eigenvalue weighted by atomic mass is 9.95. The summed E-state index contributed by atoms with van der Waals surface area (Å²) in [5, 5.41) is 22.0. The van der Waals surface area contributed by atoms with E-state index in [-0.39, 0.29) is 23.6 Å². The maximum Gasteiger partial charge on any atom is 0.338 e. The lowest BCUT2D eigenvalue weighted by Gasteiger charge is -2.24. The zero-order valence-electron chi connectivity index (χ0n) is 18.5. The van der Waals surface area contributed by atoms with E-state index in [4.69, 9.17) is 4.74 Å². The average molecular weight is 494 g/mol. The van der Waals surface area contributed by atoms with E-state index < -0.39 is 27.4 Å². The molecule has 178 valence electrons. The van der Waals surface area contributed by atoms with E-state index in [0.717, 1.165) is 11.3 Å². The van der Waals surface area contributed by atoms with Gasteiger partial charge in [-0.15, -0.1) is 0 Å². The second-order valence-electron chi connectivity index (χ2n) is 7.50. The van der Waals surface area contributed by atoms with Crippen LogP contribution in [-0.4, -0.2) is 27.0 Å². The quantitative estimate of drug-likeness (QED) is 0.291. The summed E-state index contributed by atoms with van der Waals surface area (Å²) >= 11 is 1.10. The Labute approximate surface area is 201 Å². The molecule has 2 aromatic carbocycles. The standard InChI is InChI=1S/C23H18N4O7S/c1-3-34-22(29)19-13(2)24-23-25(20(19)15-6-10-17(11-7-15)27(32)33)21(28)18(35-23)12-14-4-8-16(9-5-14)26(30)31/h4-12,20H,3H2,1-2H3/b18-12-/t20-/m1/s1. The summed E-state index contributed by atoms with van der Waals surface area (Å²) in [7, 11) is 0. The summed E-state index contributed by atoms with van der Waals surface area (Å²) in [5.41, 5.74) is 0.967. The van der Waals surface area contributed by atoms with Crippen molar-refractivity contribution in [2.24, 2.45) is 4.99 Å². The van der Waals surface area contributed by atoms with Crippen LogP contribution in [0.3, 0.4) is 0 Å². The van der Waals surface area contributed by atoms with Crippen molar-refractivity contribution < 1.29 is 19.4 Å². The van der Waals surface area contributed by atoms with Crippen LogP contribution < -0.4 is 14.9 Å². The summed E-state index contributed by atoms with van der Waals surface area (Å²) in [4.78, 5) is 52.1. The van der Waals surface area contributed by atoms with Gasteiger partial charge in [0.1, 0.15) is 0 Å². The fourth-order valence-corrected chi connectivity index (χ4v) is 4.78. The number of non-ortho nitro benzene ring substituents is 2. The Balaban J connectivity index is 1.90. The molecule has 0 amide bonds. The molecule has 1 aliphatic heterocycles. The summed E-state index contributed by atoms with van der Waals surface area (Å²) in [6.45, 7) is 3.42. The van der Waals surface area contributed by atoms with Crippen LogP contribution in [-0.2, 0) is 9.53 Å². The first kappa shape index (κ1) is 23.7. The van der Waals surface area contributed by atoms with Crippen molar-refractivity contribution in [3.63, 3.8) is 0 Å². The van der Waals surface area contributed by atoms with Crippen molar-refractivity contribution in [2.75, 3.05) is 6.61 Å². The number of hydrogen-bond donors (Lipinski definition) is 0. The van der Waals surface area contributed by atoms with Gasteiger partial charge in [-0.2, -0.15) is 0 Å². The molecule has 12 heteroatoms. The third-order valence-electron chi connectivity index (χ3n) is 5.34. The predicted molar refractivity (Wildman–Crippen MR) is 127 cm³/mol. The van der Waals surface area contributed by atoms with Gasteiger partial charge in [0.2, 0.25) is 0 Å². The number of carbonyl (C=O) groups is 1. The van der Waals surface area contributed by atoms with Crippen molar-refractivity contribution in [1.82, 2.24) is 4.57 Å². The smallest absolute Gasteiger partial charge is 0.338 e. The Morgan fingerprint density at radius 3 is 2.20 bits per heavy atom. The van der Waals surface area contributed by atoms with E-state index in [1.54, 1.807) is 19.9 Å². The molecule has 4 rings (SSSR count). The van der Waals surface area contributed by atoms with Gasteiger partial charge in [0, 0.05) is 24.3 Å². The van der Waals surface area contributed by atoms with Gasteiger partial charge in [0.25, 0.3) is 16.9 Å². The van der Waals surface area contributed by atoms with Gasteiger partial charge in [0.15, 0.2) is 4.80 Å². The molecule has 0 saturated carbocycles. The van der Waals surface area contributed by atoms with E-state index in [1.807, 2.05) is 0 Å². The first-order valence-electron chi connectivity index (χ1n) is 10.4. The van der Waals surface area contributed by atoms with Crippen LogP contribution in [0.25, 0.3) is 6.08 Å². The Morgan fingerprint density at radius 2 is 1.66 bits per heavy atom. The first-order chi connectivity index (χ1) is 16.7. The molecule has 0 saturated heterocycles. The number of nitro groups is 2. The minimum Gasteiger partial charge on any atom is -0.463 e. The average Bonchev–Trinajstić information content (AvgIpc) is 3.13. The van der Waals surface area contributed by atoms with Crippen molar-refractivity contribution >= 4 is 34.8 Å². The number of esters is 1. The molecule has 1 atom stereocenters. The highest BCUT2D eigenvalue weighted by atomic mass is 32.1. The van der Waals surface area contributed by atoms with Gasteiger partial charge >= 0.3 is 5.97 Å². The van der Waals surface area contributed by atoms with Gasteiger partial charge in [0.05, 0.1) is 38.3 Å². The van der Waals surface area contributed by atoms with E-state index in [0.29, 0.717) is 26.2 Å². The van der Waals surface area contributed by atoms with E-state index in [9.17, 15) is 29.8 Å². The van der Waals surface area contributed by atoms with Crippen molar-refractivity contribution in [3.05, 3.63) is 111 Å². The van der Waals surface area contributed by atoms with Crippen molar-refractivity contribution in [2.45, 2.75) is 19.9 Å². The second kappa shape index (κ2) is 9.43. The molecule has 2 heterocycles. The Kier molecular flexibility index (Phi) is 6.38. The monoisotopic (exact) mass is 494 g/mol. The van der Waals surface area contributed by atoms with Crippen LogP contribution in [0.2, 0.25) is 0 Å². The summed E-state index contributed by atoms with van der Waals surface area (Å²) in [6.07, 6.45) is 1.59. The number of thiazole rings is 1. The fourth-order valence-electron chi connectivity index (χ4n) is 3.73. The molecule has 0 N–H and O–H groups in total. The third kappa shape index (κ3) is 4.51. The highest BCUT2D eigenvalue weighted by Gasteiger charge is 2.33. The molecule has 11 nitrogen and oxygen atoms in total. The highest BCUT2D eigenvalue weighted by Crippen LogP contribution is 2.31. The number of rotatable bonds is 6. The fraction of sp³-hybridized carbons (Fsp3) is 0.174. The molecule has 1 aromatic heterocycles. The minimum absolute atomic E-state index is 0.0727. The van der Waals surface area contributed by atoms with Crippen LogP contribution in [0, 0.1) is 20.2 Å². The molecule has 0 spiro atoms. The predicted octanol–water partition coefficient (Wildman–Crippen LogP) is 2.61. The molecule has 0 fully saturated rings. The summed E-state index contributed by atoms with van der Waals surface area (Å²) in [5.74, 6) is -0.637. The second-order valence-corrected chi connectivity index (χ2v) is 8.51. The van der Waals surface area contributed by atoms with Gasteiger partial charge < -0.3 is 4.74 Å². The topological polar surface area (TPSA) is 147 Å². The van der Waals surface area contributed by atoms with Crippen molar-refractivity contribution in [3.8, 4) is 0 Å². The molecule has 0 radical (unpaired) electrons. The van der Waals surface area contributed by atoms with Crippen LogP contribution >= 0.6 is 11.3 Å². The lowest BCUT2D eigenvalue weighted by molar-refractivity contribution is -0.385. The number of nitrogens with zero attached hydrogens (tertiary/aromatic N) is 4. The molecular formula is C23H18N4O7S. The van der Waals surface area contributed by atoms with E-state index in [2.05, 4.69) is 4.99 Å². The lowest BCUT2D eigenvalue weighted by Crippen LogP contribution is -2.39. The number of benzene rings is 2. The molecule has 3 aromatic rings. The van der Waals surface area contributed by atoms with Gasteiger partial charge in [-0.05, 0) is 55.3 Å². The molecule has 0 unspecified atom stereocenters. The minimum atomic E-state index is -0.898. The SMILES string of the molecule is CCOC(=O)C1=C(C)N=c2s/c(=C\c3ccc([N+](=O)[O-])cc3)c(=O)n2[C@@H]1c1ccc([N+](=O)[O-])cc1. The zero-order chi connectivity index (χ0) is 25.3. The summed E-state index contributed by atoms with van der Waals surface area (Å²) in [6, 6.07) is 10.4. The number of allylic oxidation sites excluding steroid dienone is 1. The maximum atomic E-state index is 13.5. The van der Waals surface area contributed by atoms with E-state index in [1.165, 1.54) is 53.1 Å². The van der Waals surface area contributed by atoms with E-state index >= 15 is 0 Å². The van der Waals surface area contributed by atoms with Crippen LogP contribution in [0.5, 0.6) is 0 Å². The maximum absolute atomic E-state index is 13.5. The molecule has 35 heavy (non-hydrogen) atoms. The van der Waals surface area contributed by atoms with Gasteiger partial charge in [-0.3, -0.25) is 29.6 Å². The molecule has 0 aliphatic carbocycles. The number of carbonyl (C=O) groups excluding carboxylic acids is 1. The number of aromatic nitrogens is 1. The third-order valence-corrected chi connectivity index (χ3v) is 6.32. The normalized spacial score (nSPS) is 15.4. The Hall–Kier alpha value is -4.45. The van der Waals surface area contributed by atoms with Crippen LogP contribution in [0.4, 0.5) is 11.4 Å². The van der Waals surface area contributed by atoms with Gasteiger partial charge in [-0.25, -0.2) is 9.79 Å². The Bertz CT molecular complexity index is 1550. The van der Waals surface area contributed by atoms with Crippen LogP contribution in [0.1, 0.15) is 31.0 Å². The molecule has 1 aliphatic rings. The van der Waals surface area contributed by atoms with Crippen molar-refractivity contribution in [1.29, 1.82) is 0 Å². The number of hydrogen-bond acceptors (Lipinski definition) is 9. The first-order valence-corrected chi connectivity index (χ1v) is 11.2. The highest BCUT2D eigenvalue weighted by molar-refractivity contribution is 7.07. The molecular weight excluding hydrogens is 476 g/mol. The largest absolute Gasteiger partial charge is 0.463 e. The number of ether oxygens (including phenoxy) is 1. The zero-order valence-corrected chi connectivity index (χ0v) is 19.4. The van der Waals surface area contributed by atoms with Crippen LogP contribution in [0.15, 0.2) is 69.6 Å². The van der Waals surface area contributed by atoms with Gasteiger partial charge in [-0.1, -0.05) is 11.3 Å². The summed E-state index contributed by atoms with van der Waals surface area (Å²) < 4.78 is 6.88. The number of fused-ring (bicyclic) bond motifs is 1. The number of nitro benzene ring substituents is 2. The molecule has 0 bridgehead atoms. The Morgan fingerprint density at radius 1 is 1.09 bits per heavy atom.